The van der Waals surface area contributed by atoms with Crippen molar-refractivity contribution in [2.75, 3.05) is 6.61 Å². The monoisotopic (exact) mass is 217 g/mol. The topological polar surface area (TPSA) is 59.4 Å². The van der Waals surface area contributed by atoms with Crippen molar-refractivity contribution < 1.29 is 14.6 Å². The largest absolute Gasteiger partial charge is 0.479 e. The average Bonchev–Trinajstić information content (AvgIpc) is 2.26. The van der Waals surface area contributed by atoms with Gasteiger partial charge >= 0.3 is 5.97 Å². The Morgan fingerprint density at radius 2 is 2.19 bits per heavy atom. The van der Waals surface area contributed by atoms with E-state index in [1.165, 1.54) is 0 Å². The summed E-state index contributed by atoms with van der Waals surface area (Å²) in [6.45, 7) is 1.63. The zero-order chi connectivity index (χ0) is 11.5. The minimum absolute atomic E-state index is 0.334. The normalized spacial score (nSPS) is 10.3. The van der Waals surface area contributed by atoms with Crippen LogP contribution in [0.4, 0.5) is 0 Å². The molecule has 2 aromatic rings. The number of carboxylic acids is 1. The summed E-state index contributed by atoms with van der Waals surface area (Å²) in [7, 11) is 0. The van der Waals surface area contributed by atoms with Gasteiger partial charge in [0.25, 0.3) is 0 Å². The highest BCUT2D eigenvalue weighted by Gasteiger charge is 2.03. The predicted octanol–water partition coefficient (Wildman–Crippen LogP) is 2.01. The highest BCUT2D eigenvalue weighted by molar-refractivity contribution is 5.82. The second-order valence-corrected chi connectivity index (χ2v) is 3.47. The molecule has 0 bridgehead atoms. The standard InChI is InChI=1S/C12H11NO3/c1-8-3-2-4-10-9(8)5-6-11(13-10)16-7-12(14)15/h2-6H,7H2,1H3,(H,14,15). The second kappa shape index (κ2) is 4.18. The van der Waals surface area contributed by atoms with Crippen molar-refractivity contribution in [2.45, 2.75) is 6.92 Å². The minimum Gasteiger partial charge on any atom is -0.479 e. The Morgan fingerprint density at radius 3 is 2.94 bits per heavy atom. The SMILES string of the molecule is Cc1cccc2nc(OCC(=O)O)ccc12. The fourth-order valence-corrected chi connectivity index (χ4v) is 1.51. The molecule has 1 N–H and O–H groups in total. The summed E-state index contributed by atoms with van der Waals surface area (Å²) < 4.78 is 5.00. The lowest BCUT2D eigenvalue weighted by atomic mass is 10.1. The molecule has 0 aliphatic heterocycles. The molecule has 0 saturated carbocycles. The number of carboxylic acid groups (broad SMARTS) is 1. The zero-order valence-corrected chi connectivity index (χ0v) is 8.80. The van der Waals surface area contributed by atoms with Crippen molar-refractivity contribution in [3.63, 3.8) is 0 Å². The number of aliphatic carboxylic acids is 1. The Labute approximate surface area is 92.5 Å². The van der Waals surface area contributed by atoms with Gasteiger partial charge in [0.1, 0.15) is 0 Å². The van der Waals surface area contributed by atoms with E-state index in [-0.39, 0.29) is 6.61 Å². The Balaban J connectivity index is 2.33. The van der Waals surface area contributed by atoms with Crippen LogP contribution in [0.3, 0.4) is 0 Å². The van der Waals surface area contributed by atoms with Crippen LogP contribution in [0.2, 0.25) is 0 Å². The van der Waals surface area contributed by atoms with Crippen LogP contribution in [0.5, 0.6) is 5.88 Å². The van der Waals surface area contributed by atoms with E-state index in [4.69, 9.17) is 9.84 Å². The van der Waals surface area contributed by atoms with Gasteiger partial charge < -0.3 is 9.84 Å². The molecule has 82 valence electrons. The Hall–Kier alpha value is -2.10. The number of carbonyl (C=O) groups is 1. The predicted molar refractivity (Wildman–Crippen MR) is 59.6 cm³/mol. The molecule has 0 saturated heterocycles. The average molecular weight is 217 g/mol. The molecule has 0 atom stereocenters. The molecular weight excluding hydrogens is 206 g/mol. The maximum absolute atomic E-state index is 10.3. The Bertz CT molecular complexity index is 537. The lowest BCUT2D eigenvalue weighted by Gasteiger charge is -2.05. The number of fused-ring (bicyclic) bond motifs is 1. The lowest BCUT2D eigenvalue weighted by Crippen LogP contribution is -2.10. The first-order chi connectivity index (χ1) is 7.66. The molecule has 0 aliphatic rings. The smallest absolute Gasteiger partial charge is 0.341 e. The summed E-state index contributed by atoms with van der Waals surface area (Å²) in [5.41, 5.74) is 1.94. The molecule has 0 spiro atoms. The number of rotatable bonds is 3. The van der Waals surface area contributed by atoms with E-state index in [0.717, 1.165) is 16.5 Å². The Morgan fingerprint density at radius 1 is 1.38 bits per heavy atom. The van der Waals surface area contributed by atoms with Gasteiger partial charge in [-0.1, -0.05) is 12.1 Å². The van der Waals surface area contributed by atoms with Crippen LogP contribution in [-0.2, 0) is 4.79 Å². The van der Waals surface area contributed by atoms with Crippen LogP contribution in [0.1, 0.15) is 5.56 Å². The first-order valence-corrected chi connectivity index (χ1v) is 4.88. The maximum Gasteiger partial charge on any atom is 0.341 e. The third kappa shape index (κ3) is 2.11. The molecule has 16 heavy (non-hydrogen) atoms. The molecule has 0 fully saturated rings. The first kappa shape index (κ1) is 10.4. The van der Waals surface area contributed by atoms with E-state index >= 15 is 0 Å². The van der Waals surface area contributed by atoms with Crippen LogP contribution >= 0.6 is 0 Å². The van der Waals surface area contributed by atoms with Gasteiger partial charge in [-0.15, -0.1) is 0 Å². The Kier molecular flexibility index (Phi) is 2.72. The first-order valence-electron chi connectivity index (χ1n) is 4.88. The number of hydrogen-bond acceptors (Lipinski definition) is 3. The number of hydrogen-bond donors (Lipinski definition) is 1. The minimum atomic E-state index is -1.01. The van der Waals surface area contributed by atoms with E-state index in [1.54, 1.807) is 6.07 Å². The van der Waals surface area contributed by atoms with Gasteiger partial charge in [-0.2, -0.15) is 0 Å². The van der Waals surface area contributed by atoms with Gasteiger partial charge in [0, 0.05) is 11.5 Å². The fourth-order valence-electron chi connectivity index (χ4n) is 1.51. The summed E-state index contributed by atoms with van der Waals surface area (Å²) in [6.07, 6.45) is 0. The number of pyridine rings is 1. The molecule has 1 aromatic heterocycles. The summed E-state index contributed by atoms with van der Waals surface area (Å²) in [5.74, 6) is -0.674. The van der Waals surface area contributed by atoms with Crippen molar-refractivity contribution in [1.29, 1.82) is 0 Å². The fraction of sp³-hybridized carbons (Fsp3) is 0.167. The van der Waals surface area contributed by atoms with Crippen molar-refractivity contribution in [3.8, 4) is 5.88 Å². The summed E-state index contributed by atoms with van der Waals surface area (Å²) >= 11 is 0. The van der Waals surface area contributed by atoms with Gasteiger partial charge in [-0.3, -0.25) is 0 Å². The molecule has 1 heterocycles. The van der Waals surface area contributed by atoms with Crippen molar-refractivity contribution in [3.05, 3.63) is 35.9 Å². The molecule has 0 amide bonds. The highest BCUT2D eigenvalue weighted by atomic mass is 16.5. The third-order valence-electron chi connectivity index (χ3n) is 2.27. The van der Waals surface area contributed by atoms with Gasteiger partial charge in [-0.05, 0) is 24.6 Å². The van der Waals surface area contributed by atoms with Gasteiger partial charge in [0.2, 0.25) is 5.88 Å². The lowest BCUT2D eigenvalue weighted by molar-refractivity contribution is -0.139. The summed E-state index contributed by atoms with van der Waals surface area (Å²) in [6, 6.07) is 9.34. The molecule has 4 nitrogen and oxygen atoms in total. The van der Waals surface area contributed by atoms with Gasteiger partial charge in [0.05, 0.1) is 5.52 Å². The maximum atomic E-state index is 10.3. The van der Waals surface area contributed by atoms with Crippen molar-refractivity contribution in [2.24, 2.45) is 0 Å². The van der Waals surface area contributed by atoms with E-state index in [9.17, 15) is 4.79 Å². The summed E-state index contributed by atoms with van der Waals surface area (Å²) in [5, 5.41) is 9.53. The van der Waals surface area contributed by atoms with Crippen LogP contribution in [-0.4, -0.2) is 22.7 Å². The number of benzene rings is 1. The molecule has 1 aromatic carbocycles. The van der Waals surface area contributed by atoms with Crippen LogP contribution in [0, 0.1) is 6.92 Å². The molecule has 4 heteroatoms. The van der Waals surface area contributed by atoms with Crippen LogP contribution in [0.15, 0.2) is 30.3 Å². The van der Waals surface area contributed by atoms with E-state index < -0.39 is 5.97 Å². The highest BCUT2D eigenvalue weighted by Crippen LogP contribution is 2.19. The quantitative estimate of drug-likeness (QED) is 0.854. The molecule has 0 unspecified atom stereocenters. The van der Waals surface area contributed by atoms with Crippen molar-refractivity contribution >= 4 is 16.9 Å². The van der Waals surface area contributed by atoms with Crippen LogP contribution < -0.4 is 4.74 Å². The van der Waals surface area contributed by atoms with Crippen LogP contribution in [0.25, 0.3) is 10.9 Å². The second-order valence-electron chi connectivity index (χ2n) is 3.47. The van der Waals surface area contributed by atoms with Gasteiger partial charge in [0.15, 0.2) is 6.61 Å². The van der Waals surface area contributed by atoms with E-state index in [2.05, 4.69) is 4.98 Å². The summed E-state index contributed by atoms with van der Waals surface area (Å²) in [4.78, 5) is 14.6. The number of ether oxygens (including phenoxy) is 1. The number of nitrogens with zero attached hydrogens (tertiary/aromatic N) is 1. The van der Waals surface area contributed by atoms with Crippen molar-refractivity contribution in [1.82, 2.24) is 4.98 Å². The number of aromatic nitrogens is 1. The molecule has 2 rings (SSSR count). The molecule has 0 radical (unpaired) electrons. The molecular formula is C12H11NO3. The molecule has 0 aliphatic carbocycles. The van der Waals surface area contributed by atoms with E-state index in [1.807, 2.05) is 31.2 Å². The number of aryl methyl sites for hydroxylation is 1. The third-order valence-corrected chi connectivity index (χ3v) is 2.27. The van der Waals surface area contributed by atoms with E-state index in [0.29, 0.717) is 5.88 Å². The zero-order valence-electron chi connectivity index (χ0n) is 8.80. The van der Waals surface area contributed by atoms with Gasteiger partial charge in [-0.25, -0.2) is 9.78 Å².